The molecule has 0 spiro atoms. The Bertz CT molecular complexity index is 1730. The van der Waals surface area contributed by atoms with E-state index in [0.717, 1.165) is 34.1 Å². The predicted octanol–water partition coefficient (Wildman–Crippen LogP) is 15.4. The molecule has 0 aliphatic carbocycles. The Morgan fingerprint density at radius 1 is 0.340 bits per heavy atom. The zero-order valence-corrected chi connectivity index (χ0v) is 31.9. The van der Waals surface area contributed by atoms with Gasteiger partial charge in [0.15, 0.2) is 0 Å². The van der Waals surface area contributed by atoms with Crippen molar-refractivity contribution in [3.05, 3.63) is 158 Å². The van der Waals surface area contributed by atoms with E-state index in [4.69, 9.17) is 0 Å². The molecule has 3 nitrogen and oxygen atoms in total. The Morgan fingerprint density at radius 3 is 0.840 bits per heavy atom. The minimum Gasteiger partial charge on any atom is -0.338 e. The summed E-state index contributed by atoms with van der Waals surface area (Å²) in [5, 5.41) is 2.49. The van der Waals surface area contributed by atoms with Crippen LogP contribution in [0.3, 0.4) is 0 Å². The van der Waals surface area contributed by atoms with E-state index in [2.05, 4.69) is 186 Å². The molecule has 50 heavy (non-hydrogen) atoms. The molecule has 0 fully saturated rings. The topological polar surface area (TPSA) is 11.4 Å². The molecular formula is C47H57N3. The van der Waals surface area contributed by atoms with Crippen LogP contribution in [0.2, 0.25) is 0 Å². The minimum atomic E-state index is 0.320. The van der Waals surface area contributed by atoms with Gasteiger partial charge in [-0.3, -0.25) is 0 Å². The van der Waals surface area contributed by atoms with Gasteiger partial charge in [0, 0.05) is 62.0 Å². The van der Waals surface area contributed by atoms with E-state index in [9.17, 15) is 0 Å². The second-order valence-electron chi connectivity index (χ2n) is 10.9. The van der Waals surface area contributed by atoms with Crippen LogP contribution in [0.25, 0.3) is 21.8 Å². The molecule has 7 rings (SSSR count). The predicted molar refractivity (Wildman–Crippen MR) is 225 cm³/mol. The van der Waals surface area contributed by atoms with Crippen molar-refractivity contribution in [3.63, 3.8) is 0 Å². The van der Waals surface area contributed by atoms with Crippen LogP contribution in [-0.4, -0.2) is 4.57 Å². The van der Waals surface area contributed by atoms with Crippen molar-refractivity contribution in [1.82, 2.24) is 4.57 Å². The fourth-order valence-electron chi connectivity index (χ4n) is 6.07. The first-order chi connectivity index (χ1) is 24.7. The molecule has 0 N–H and O–H groups in total. The number of fused-ring (bicyclic) bond motifs is 3. The maximum atomic E-state index is 2.46. The molecule has 0 radical (unpaired) electrons. The Balaban J connectivity index is 0.000000791. The molecule has 1 heterocycles. The van der Waals surface area contributed by atoms with Crippen molar-refractivity contribution in [2.24, 2.45) is 0 Å². The molecule has 0 aliphatic rings. The third-order valence-corrected chi connectivity index (χ3v) is 7.86. The molecule has 3 heteroatoms. The van der Waals surface area contributed by atoms with Crippen molar-refractivity contribution >= 4 is 55.9 Å². The van der Waals surface area contributed by atoms with Crippen LogP contribution in [0, 0.1) is 0 Å². The molecule has 0 saturated heterocycles. The number of hydrogen-bond donors (Lipinski definition) is 0. The highest BCUT2D eigenvalue weighted by Gasteiger charge is 2.19. The molecule has 260 valence electrons. The van der Waals surface area contributed by atoms with Gasteiger partial charge in [-0.05, 0) is 98.8 Å². The quantitative estimate of drug-likeness (QED) is 0.168. The maximum Gasteiger partial charge on any atom is 0.0495 e. The van der Waals surface area contributed by atoms with Crippen molar-refractivity contribution < 1.29 is 0 Å². The Hall–Kier alpha value is -5.28. The summed E-state index contributed by atoms with van der Waals surface area (Å²) >= 11 is 0. The largest absolute Gasteiger partial charge is 0.338 e. The average Bonchev–Trinajstić information content (AvgIpc) is 3.53. The Labute approximate surface area is 302 Å². The van der Waals surface area contributed by atoms with Crippen LogP contribution < -0.4 is 9.80 Å². The van der Waals surface area contributed by atoms with Crippen LogP contribution >= 0.6 is 0 Å². The van der Waals surface area contributed by atoms with E-state index >= 15 is 0 Å². The number of nitrogens with zero attached hydrogens (tertiary/aromatic N) is 3. The zero-order valence-electron chi connectivity index (χ0n) is 31.9. The number of para-hydroxylation sites is 4. The van der Waals surface area contributed by atoms with Crippen LogP contribution in [0.1, 0.15) is 75.3 Å². The van der Waals surface area contributed by atoms with Gasteiger partial charge in [0.1, 0.15) is 0 Å². The minimum absolute atomic E-state index is 0.320. The smallest absolute Gasteiger partial charge is 0.0495 e. The number of anilines is 6. The van der Waals surface area contributed by atoms with Crippen LogP contribution in [0.4, 0.5) is 34.1 Å². The summed E-state index contributed by atoms with van der Waals surface area (Å²) in [5.41, 5.74) is 9.30. The summed E-state index contributed by atoms with van der Waals surface area (Å²) in [7, 11) is 0. The van der Waals surface area contributed by atoms with Crippen LogP contribution in [0.5, 0.6) is 0 Å². The molecule has 0 aliphatic heterocycles. The average molecular weight is 664 g/mol. The number of benzene rings is 6. The highest BCUT2D eigenvalue weighted by Crippen LogP contribution is 2.42. The molecule has 6 aromatic carbocycles. The lowest BCUT2D eigenvalue weighted by Crippen LogP contribution is -2.09. The molecule has 0 saturated carbocycles. The zero-order chi connectivity index (χ0) is 36.5. The highest BCUT2D eigenvalue weighted by atomic mass is 15.1. The van der Waals surface area contributed by atoms with E-state index < -0.39 is 0 Å². The summed E-state index contributed by atoms with van der Waals surface area (Å²) < 4.78 is 2.46. The van der Waals surface area contributed by atoms with Crippen LogP contribution in [-0.2, 0) is 0 Å². The first-order valence-corrected chi connectivity index (χ1v) is 18.6. The number of hydrogen-bond acceptors (Lipinski definition) is 2. The maximum absolute atomic E-state index is 2.46. The molecule has 7 aromatic rings. The summed E-state index contributed by atoms with van der Waals surface area (Å²) in [6.07, 6.45) is 0. The normalized spacial score (nSPS) is 9.98. The van der Waals surface area contributed by atoms with Gasteiger partial charge in [0.2, 0.25) is 0 Å². The Kier molecular flexibility index (Phi) is 15.9. The van der Waals surface area contributed by atoms with Gasteiger partial charge in [-0.15, -0.1) is 0 Å². The summed E-state index contributed by atoms with van der Waals surface area (Å²) in [4.78, 5) is 4.67. The summed E-state index contributed by atoms with van der Waals surface area (Å²) in [5.74, 6) is 0. The molecule has 0 atom stereocenters. The third kappa shape index (κ3) is 8.65. The lowest BCUT2D eigenvalue weighted by atomic mass is 10.1. The van der Waals surface area contributed by atoms with Gasteiger partial charge in [0.05, 0.1) is 0 Å². The number of aromatic nitrogens is 1. The van der Waals surface area contributed by atoms with E-state index in [1.54, 1.807) is 0 Å². The summed E-state index contributed by atoms with van der Waals surface area (Å²) in [6.45, 7) is 20.5. The molecule has 0 unspecified atom stereocenters. The van der Waals surface area contributed by atoms with Gasteiger partial charge >= 0.3 is 0 Å². The van der Waals surface area contributed by atoms with E-state index in [-0.39, 0.29) is 0 Å². The fourth-order valence-corrected chi connectivity index (χ4v) is 6.07. The van der Waals surface area contributed by atoms with Crippen molar-refractivity contribution in [1.29, 1.82) is 0 Å². The number of rotatable bonds is 7. The lowest BCUT2D eigenvalue weighted by molar-refractivity contribution is 0.642. The monoisotopic (exact) mass is 663 g/mol. The van der Waals surface area contributed by atoms with E-state index in [0.29, 0.717) is 6.04 Å². The lowest BCUT2D eigenvalue weighted by Gasteiger charge is -2.26. The molecule has 1 aromatic heterocycles. The third-order valence-electron chi connectivity index (χ3n) is 7.86. The van der Waals surface area contributed by atoms with Gasteiger partial charge < -0.3 is 14.4 Å². The van der Waals surface area contributed by atoms with Crippen molar-refractivity contribution in [3.8, 4) is 0 Å². The molecule has 0 bridgehead atoms. The van der Waals surface area contributed by atoms with Gasteiger partial charge in [-0.25, -0.2) is 0 Å². The van der Waals surface area contributed by atoms with Crippen molar-refractivity contribution in [2.75, 3.05) is 9.80 Å². The van der Waals surface area contributed by atoms with Gasteiger partial charge in [-0.1, -0.05) is 128 Å². The second-order valence-corrected chi connectivity index (χ2v) is 10.9. The standard InChI is InChI=1S/C39H33N3.4C2H6/c1-29(2)40-38-25-23-34(41(30-15-7-3-8-16-30)31-17-9-4-10-18-31)27-36(38)37-28-35(24-26-39(37)40)42(32-19-11-5-12-20-32)33-21-13-6-14-22-33;4*1-2/h3-29H,1-2H3;4*1-2H3. The van der Waals surface area contributed by atoms with Crippen LogP contribution in [0.15, 0.2) is 158 Å². The van der Waals surface area contributed by atoms with Crippen molar-refractivity contribution in [2.45, 2.75) is 75.3 Å². The second kappa shape index (κ2) is 20.3. The fraction of sp³-hybridized carbons (Fsp3) is 0.234. The van der Waals surface area contributed by atoms with E-state index in [1.807, 2.05) is 55.4 Å². The van der Waals surface area contributed by atoms with E-state index in [1.165, 1.54) is 21.8 Å². The Morgan fingerprint density at radius 2 is 0.600 bits per heavy atom. The SMILES string of the molecule is CC.CC.CC.CC.CC(C)n1c2ccc(N(c3ccccc3)c3ccccc3)cc2c2cc(N(c3ccccc3)c3ccccc3)ccc21. The molecular weight excluding hydrogens is 607 g/mol. The highest BCUT2D eigenvalue weighted by molar-refractivity contribution is 6.11. The van der Waals surface area contributed by atoms with Gasteiger partial charge in [-0.2, -0.15) is 0 Å². The first kappa shape index (κ1) is 39.2. The summed E-state index contributed by atoms with van der Waals surface area (Å²) in [6, 6.07) is 56.5. The van der Waals surface area contributed by atoms with Gasteiger partial charge in [0.25, 0.3) is 0 Å². The molecule has 0 amide bonds. The first-order valence-electron chi connectivity index (χ1n) is 18.6.